The molecule has 0 unspecified atom stereocenters. The Kier molecular flexibility index (Phi) is 16.7. The van der Waals surface area contributed by atoms with Gasteiger partial charge in [-0.2, -0.15) is 0 Å². The highest BCUT2D eigenvalue weighted by Gasteiger charge is 2.32. The number of hydrogen-bond acceptors (Lipinski definition) is 15. The molecular weight excluding hydrogens is 817 g/mol. The van der Waals surface area contributed by atoms with Crippen LogP contribution in [0.4, 0.5) is 14.4 Å². The molecule has 0 aliphatic heterocycles. The molecule has 18 nitrogen and oxygen atoms in total. The summed E-state index contributed by atoms with van der Waals surface area (Å²) in [5, 5.41) is 7.50. The van der Waals surface area contributed by atoms with Gasteiger partial charge in [-0.25, -0.2) is 28.8 Å². The van der Waals surface area contributed by atoms with E-state index in [1.807, 2.05) is 0 Å². The number of rotatable bonds is 15. The van der Waals surface area contributed by atoms with Crippen molar-refractivity contribution in [2.45, 2.75) is 117 Å². The second-order valence-electron chi connectivity index (χ2n) is 17.1. The largest absolute Gasteiger partial charge is 0.444 e. The van der Waals surface area contributed by atoms with Crippen molar-refractivity contribution in [2.75, 3.05) is 0 Å². The molecule has 4 aromatic rings. The Morgan fingerprint density at radius 1 is 0.413 bits per heavy atom. The number of ether oxygens (including phenoxy) is 6. The van der Waals surface area contributed by atoms with Crippen molar-refractivity contribution in [1.29, 1.82) is 0 Å². The monoisotopic (exact) mass is 870 g/mol. The molecule has 1 aromatic heterocycles. The summed E-state index contributed by atoms with van der Waals surface area (Å²) < 4.78 is 32.8. The molecule has 0 radical (unpaired) electrons. The second kappa shape index (κ2) is 21.6. The van der Waals surface area contributed by atoms with E-state index in [0.717, 1.165) is 0 Å². The van der Waals surface area contributed by atoms with Gasteiger partial charge in [-0.05, 0) is 79.0 Å². The van der Waals surface area contributed by atoms with Crippen molar-refractivity contribution in [2.24, 2.45) is 0 Å². The predicted molar refractivity (Wildman–Crippen MR) is 227 cm³/mol. The minimum atomic E-state index is -1.38. The van der Waals surface area contributed by atoms with E-state index in [-0.39, 0.29) is 19.3 Å². The minimum Gasteiger partial charge on any atom is -0.444 e. The second-order valence-corrected chi connectivity index (χ2v) is 17.1. The molecule has 3 amide bonds. The lowest BCUT2D eigenvalue weighted by atomic mass is 10.1. The van der Waals surface area contributed by atoms with Crippen molar-refractivity contribution >= 4 is 36.2 Å². The molecule has 0 spiro atoms. The topological polar surface area (TPSA) is 233 Å². The SMILES string of the molecule is CC(C)(C)OC(=O)N[C@@H](Cc1ccccc1)C(=O)Oc1nc(OC(=O)[C@H](Cc2ccccc2)NC(=O)OC(C)(C)C)nc(OC(=O)[C@H](Cc2ccccc2)NC(=O)OC(C)(C)C)n1. The van der Waals surface area contributed by atoms with Crippen LogP contribution in [0.1, 0.15) is 79.0 Å². The summed E-state index contributed by atoms with van der Waals surface area (Å²) >= 11 is 0. The number of benzene rings is 3. The van der Waals surface area contributed by atoms with Crippen molar-refractivity contribution in [3.05, 3.63) is 108 Å². The molecular formula is C45H54N6O12. The highest BCUT2D eigenvalue weighted by Crippen LogP contribution is 2.20. The Hall–Kier alpha value is -7.11. The molecule has 63 heavy (non-hydrogen) atoms. The van der Waals surface area contributed by atoms with Crippen LogP contribution in [0.25, 0.3) is 0 Å². The van der Waals surface area contributed by atoms with Crippen molar-refractivity contribution in [3.8, 4) is 18.0 Å². The van der Waals surface area contributed by atoms with Gasteiger partial charge in [-0.3, -0.25) is 0 Å². The average molecular weight is 871 g/mol. The number of hydrogen-bond donors (Lipinski definition) is 3. The predicted octanol–water partition coefficient (Wildman–Crippen LogP) is 6.00. The third kappa shape index (κ3) is 18.2. The fraction of sp³-hybridized carbons (Fsp3) is 0.400. The van der Waals surface area contributed by atoms with Crippen LogP contribution in [-0.4, -0.2) is 86.1 Å². The Labute approximate surface area is 365 Å². The van der Waals surface area contributed by atoms with Gasteiger partial charge >= 0.3 is 54.2 Å². The molecule has 3 N–H and O–H groups in total. The first-order valence-electron chi connectivity index (χ1n) is 20.0. The van der Waals surface area contributed by atoms with Gasteiger partial charge in [0, 0.05) is 19.3 Å². The molecule has 0 bridgehead atoms. The van der Waals surface area contributed by atoms with Crippen LogP contribution in [0, 0.1) is 0 Å². The van der Waals surface area contributed by atoms with E-state index >= 15 is 0 Å². The Bertz CT molecular complexity index is 1930. The highest BCUT2D eigenvalue weighted by molar-refractivity contribution is 5.85. The fourth-order valence-electron chi connectivity index (χ4n) is 5.42. The van der Waals surface area contributed by atoms with E-state index in [9.17, 15) is 28.8 Å². The molecule has 4 rings (SSSR count). The molecule has 0 saturated carbocycles. The zero-order valence-electron chi connectivity index (χ0n) is 36.8. The molecule has 3 atom stereocenters. The van der Waals surface area contributed by atoms with Crippen LogP contribution >= 0.6 is 0 Å². The lowest BCUT2D eigenvalue weighted by Gasteiger charge is -2.23. The van der Waals surface area contributed by atoms with Gasteiger partial charge in [0.25, 0.3) is 0 Å². The summed E-state index contributed by atoms with van der Waals surface area (Å²) in [7, 11) is 0. The van der Waals surface area contributed by atoms with Crippen molar-refractivity contribution < 1.29 is 57.2 Å². The van der Waals surface area contributed by atoms with Gasteiger partial charge in [-0.1, -0.05) is 91.0 Å². The number of nitrogens with one attached hydrogen (secondary N) is 3. The Morgan fingerprint density at radius 3 is 0.841 bits per heavy atom. The molecule has 0 aliphatic carbocycles. The lowest BCUT2D eigenvalue weighted by molar-refractivity contribution is -0.137. The normalized spacial score (nSPS) is 12.9. The van der Waals surface area contributed by atoms with Crippen LogP contribution in [0.2, 0.25) is 0 Å². The molecule has 3 aromatic carbocycles. The van der Waals surface area contributed by atoms with Gasteiger partial charge in [0.2, 0.25) is 0 Å². The van der Waals surface area contributed by atoms with Gasteiger partial charge < -0.3 is 44.4 Å². The molecule has 0 fully saturated rings. The summed E-state index contributed by atoms with van der Waals surface area (Å²) in [4.78, 5) is 92.2. The standard InChI is InChI=1S/C45H54N6O12/c1-43(2,3)61-40(55)46-31(25-28-19-13-10-14-20-28)34(52)58-37-49-38(59-35(53)32(26-29-21-15-11-16-22-29)47-41(56)62-44(4,5)6)51-39(50-37)60-36(54)33(27-30-23-17-12-18-24-30)48-42(57)63-45(7,8)9/h10-24,31-33H,25-27H2,1-9H3,(H,46,55)(H,47,56)(H,48,57)/t31-,32-,33-/m0/s1. The van der Waals surface area contributed by atoms with E-state index in [2.05, 4.69) is 30.9 Å². The van der Waals surface area contributed by atoms with E-state index in [1.165, 1.54) is 0 Å². The van der Waals surface area contributed by atoms with Crippen LogP contribution in [0.15, 0.2) is 91.0 Å². The number of carbonyl (C=O) groups excluding carboxylic acids is 6. The van der Waals surface area contributed by atoms with Gasteiger partial charge in [0.1, 0.15) is 34.9 Å². The number of carbonyl (C=O) groups is 6. The van der Waals surface area contributed by atoms with Crippen LogP contribution in [0.3, 0.4) is 0 Å². The number of aromatic nitrogens is 3. The van der Waals surface area contributed by atoms with Crippen LogP contribution in [0.5, 0.6) is 18.0 Å². The first-order valence-corrected chi connectivity index (χ1v) is 20.0. The van der Waals surface area contributed by atoms with Gasteiger partial charge in [0.05, 0.1) is 0 Å². The lowest BCUT2D eigenvalue weighted by Crippen LogP contribution is -2.47. The minimum absolute atomic E-state index is 0.0668. The van der Waals surface area contributed by atoms with Crippen molar-refractivity contribution in [1.82, 2.24) is 30.9 Å². The summed E-state index contributed by atoms with van der Waals surface area (Å²) in [6.45, 7) is 14.8. The maximum Gasteiger partial charge on any atom is 0.408 e. The van der Waals surface area contributed by atoms with E-state index in [0.29, 0.717) is 16.7 Å². The van der Waals surface area contributed by atoms with E-state index in [1.54, 1.807) is 153 Å². The molecule has 0 aliphatic rings. The number of esters is 3. The smallest absolute Gasteiger partial charge is 0.408 e. The third-order valence-electron chi connectivity index (χ3n) is 7.92. The first kappa shape index (κ1) is 48.6. The fourth-order valence-corrected chi connectivity index (χ4v) is 5.42. The number of nitrogens with zero attached hydrogens (tertiary/aromatic N) is 3. The Balaban J connectivity index is 1.72. The van der Waals surface area contributed by atoms with E-state index < -0.39 is 89.1 Å². The van der Waals surface area contributed by atoms with Gasteiger partial charge in [0.15, 0.2) is 0 Å². The summed E-state index contributed by atoms with van der Waals surface area (Å²) in [6.07, 6.45) is -2.98. The van der Waals surface area contributed by atoms with E-state index in [4.69, 9.17) is 28.4 Å². The van der Waals surface area contributed by atoms with Crippen LogP contribution < -0.4 is 30.2 Å². The number of alkyl carbamates (subject to hydrolysis) is 3. The summed E-state index contributed by atoms with van der Waals surface area (Å²) in [5.41, 5.74) is -0.822. The first-order chi connectivity index (χ1) is 29.5. The zero-order chi connectivity index (χ0) is 46.4. The highest BCUT2D eigenvalue weighted by atomic mass is 16.6. The quantitative estimate of drug-likeness (QED) is 0.0919. The maximum absolute atomic E-state index is 13.8. The van der Waals surface area contributed by atoms with Crippen LogP contribution in [-0.2, 0) is 47.9 Å². The van der Waals surface area contributed by atoms with Crippen molar-refractivity contribution in [3.63, 3.8) is 0 Å². The Morgan fingerprint density at radius 2 is 0.635 bits per heavy atom. The van der Waals surface area contributed by atoms with Gasteiger partial charge in [-0.15, -0.1) is 15.0 Å². The molecule has 336 valence electrons. The molecule has 1 heterocycles. The number of amides is 3. The average Bonchev–Trinajstić information content (AvgIpc) is 3.16. The molecule has 18 heteroatoms. The maximum atomic E-state index is 13.8. The third-order valence-corrected chi connectivity index (χ3v) is 7.92. The summed E-state index contributed by atoms with van der Waals surface area (Å²) in [5.74, 6) is -3.27. The molecule has 0 saturated heterocycles. The zero-order valence-corrected chi connectivity index (χ0v) is 36.8. The summed E-state index contributed by atoms with van der Waals surface area (Å²) in [6, 6.07) is 19.5.